The van der Waals surface area contributed by atoms with Crippen molar-refractivity contribution in [3.63, 3.8) is 0 Å². The molecule has 2 aromatic heterocycles. The fraction of sp³-hybridized carbons (Fsp3) is 0. The van der Waals surface area contributed by atoms with Crippen molar-refractivity contribution < 1.29 is 4.63 Å². The molecule has 0 saturated heterocycles. The van der Waals surface area contributed by atoms with Crippen molar-refractivity contribution in [3.05, 3.63) is 57.5 Å². The smallest absolute Gasteiger partial charge is 0.245 e. The second kappa shape index (κ2) is 6.95. The molecule has 4 rings (SSSR count). The van der Waals surface area contributed by atoms with E-state index in [9.17, 15) is 0 Å². The number of fused-ring (bicyclic) bond motifs is 1. The Morgan fingerprint density at radius 3 is 1.88 bits per heavy atom. The minimum atomic E-state index is 0.272. The summed E-state index contributed by atoms with van der Waals surface area (Å²) in [5.41, 5.74) is 2.01. The van der Waals surface area contributed by atoms with Crippen LogP contribution in [0.2, 0.25) is 15.1 Å². The molecule has 7 nitrogen and oxygen atoms in total. The summed E-state index contributed by atoms with van der Waals surface area (Å²) < 4.78 is 4.69. The van der Waals surface area contributed by atoms with Gasteiger partial charge in [-0.05, 0) is 52.8 Å². The maximum atomic E-state index is 6.07. The van der Waals surface area contributed by atoms with E-state index < -0.39 is 0 Å². The molecule has 10 heteroatoms. The third-order valence-corrected chi connectivity index (χ3v) is 4.39. The molecule has 4 aromatic rings. The van der Waals surface area contributed by atoms with Gasteiger partial charge >= 0.3 is 0 Å². The van der Waals surface area contributed by atoms with E-state index in [1.165, 1.54) is 0 Å². The predicted octanol–water partition coefficient (Wildman–Crippen LogP) is 5.46. The summed E-state index contributed by atoms with van der Waals surface area (Å²) in [6, 6.07) is 12.3. The number of benzene rings is 2. The third-order valence-electron chi connectivity index (χ3n) is 3.40. The molecule has 2 heterocycles. The van der Waals surface area contributed by atoms with Gasteiger partial charge in [-0.15, -0.1) is 0 Å². The van der Waals surface area contributed by atoms with Gasteiger partial charge in [0, 0.05) is 16.4 Å². The first-order valence-corrected chi connectivity index (χ1v) is 8.47. The van der Waals surface area contributed by atoms with Gasteiger partial charge in [-0.1, -0.05) is 34.8 Å². The molecule has 0 saturated carbocycles. The van der Waals surface area contributed by atoms with Crippen LogP contribution in [0, 0.1) is 0 Å². The highest BCUT2D eigenvalue weighted by Gasteiger charge is 2.14. The molecule has 130 valence electrons. The Labute approximate surface area is 162 Å². The predicted molar refractivity (Wildman–Crippen MR) is 102 cm³/mol. The first kappa shape index (κ1) is 16.8. The van der Waals surface area contributed by atoms with Crippen LogP contribution in [0.4, 0.5) is 23.0 Å². The van der Waals surface area contributed by atoms with Gasteiger partial charge in [0.05, 0.1) is 10.0 Å². The number of rotatable bonds is 4. The first-order chi connectivity index (χ1) is 12.6. The van der Waals surface area contributed by atoms with Gasteiger partial charge in [0.2, 0.25) is 11.3 Å². The monoisotopic (exact) mass is 406 g/mol. The van der Waals surface area contributed by atoms with Crippen LogP contribution < -0.4 is 10.6 Å². The van der Waals surface area contributed by atoms with Gasteiger partial charge in [-0.2, -0.15) is 0 Å². The molecule has 2 aromatic carbocycles. The van der Waals surface area contributed by atoms with Crippen molar-refractivity contribution in [1.29, 1.82) is 0 Å². The highest BCUT2D eigenvalue weighted by Crippen LogP contribution is 2.30. The molecule has 0 aliphatic heterocycles. The molecular weight excluding hydrogens is 399 g/mol. The summed E-state index contributed by atoms with van der Waals surface area (Å²) in [7, 11) is 0. The van der Waals surface area contributed by atoms with Gasteiger partial charge in [-0.3, -0.25) is 0 Å². The molecule has 2 N–H and O–H groups in total. The molecule has 0 amide bonds. The topological polar surface area (TPSA) is 88.8 Å². The number of halogens is 3. The number of hydrogen-bond donors (Lipinski definition) is 2. The SMILES string of the molecule is Clc1ccc(Nc2nc3nonc3nc2Nc2ccc(Cl)c(Cl)c2)cc1. The molecule has 0 unspecified atom stereocenters. The summed E-state index contributed by atoms with van der Waals surface area (Å²) in [5, 5.41) is 15.3. The summed E-state index contributed by atoms with van der Waals surface area (Å²) in [5.74, 6) is 0.850. The zero-order chi connectivity index (χ0) is 18.1. The Morgan fingerprint density at radius 2 is 1.27 bits per heavy atom. The molecule has 0 spiro atoms. The summed E-state index contributed by atoms with van der Waals surface area (Å²) in [6.45, 7) is 0. The zero-order valence-corrected chi connectivity index (χ0v) is 15.1. The minimum Gasteiger partial charge on any atom is -0.337 e. The Morgan fingerprint density at radius 1 is 0.692 bits per heavy atom. The lowest BCUT2D eigenvalue weighted by atomic mass is 10.3. The molecule has 26 heavy (non-hydrogen) atoms. The minimum absolute atomic E-state index is 0.272. The molecule has 0 aliphatic carbocycles. The quantitative estimate of drug-likeness (QED) is 0.464. The molecule has 0 bridgehead atoms. The van der Waals surface area contributed by atoms with Crippen LogP contribution in [0.15, 0.2) is 47.1 Å². The number of anilines is 4. The molecule has 0 fully saturated rings. The summed E-state index contributed by atoms with van der Waals surface area (Å²) >= 11 is 17.9. The number of hydrogen-bond acceptors (Lipinski definition) is 7. The van der Waals surface area contributed by atoms with E-state index in [-0.39, 0.29) is 11.3 Å². The normalized spacial score (nSPS) is 10.9. The van der Waals surface area contributed by atoms with Crippen LogP contribution in [0.1, 0.15) is 0 Å². The first-order valence-electron chi connectivity index (χ1n) is 7.33. The summed E-state index contributed by atoms with van der Waals surface area (Å²) in [4.78, 5) is 8.78. The van der Waals surface area contributed by atoms with Crippen molar-refractivity contribution >= 4 is 69.1 Å². The standard InChI is InChI=1S/C16H9Cl3N6O/c17-8-1-3-9(4-2-8)20-13-14(23-16-15(22-13)24-26-25-16)21-10-5-6-11(18)12(19)7-10/h1-7H,(H,20,22,24)(H,21,23,25). The second-order valence-corrected chi connectivity index (χ2v) is 6.47. The van der Waals surface area contributed by atoms with Gasteiger partial charge < -0.3 is 10.6 Å². The molecule has 0 radical (unpaired) electrons. The van der Waals surface area contributed by atoms with Crippen molar-refractivity contribution in [2.45, 2.75) is 0 Å². The lowest BCUT2D eigenvalue weighted by molar-refractivity contribution is 0.314. The zero-order valence-electron chi connectivity index (χ0n) is 12.9. The van der Waals surface area contributed by atoms with Crippen LogP contribution in [0.5, 0.6) is 0 Å². The van der Waals surface area contributed by atoms with Gasteiger partial charge in [-0.25, -0.2) is 14.6 Å². The van der Waals surface area contributed by atoms with Crippen molar-refractivity contribution in [2.75, 3.05) is 10.6 Å². The van der Waals surface area contributed by atoms with E-state index in [0.29, 0.717) is 32.4 Å². The van der Waals surface area contributed by atoms with Crippen molar-refractivity contribution in [1.82, 2.24) is 20.3 Å². The third kappa shape index (κ3) is 3.50. The maximum Gasteiger partial charge on any atom is 0.245 e. The molecule has 0 aliphatic rings. The highest BCUT2D eigenvalue weighted by molar-refractivity contribution is 6.42. The number of nitrogens with zero attached hydrogens (tertiary/aromatic N) is 4. The van der Waals surface area contributed by atoms with E-state index >= 15 is 0 Å². The lowest BCUT2D eigenvalue weighted by Gasteiger charge is -2.12. The van der Waals surface area contributed by atoms with E-state index in [2.05, 4.69) is 35.5 Å². The lowest BCUT2D eigenvalue weighted by Crippen LogP contribution is -2.03. The van der Waals surface area contributed by atoms with Gasteiger partial charge in [0.1, 0.15) is 0 Å². The van der Waals surface area contributed by atoms with E-state index in [4.69, 9.17) is 34.8 Å². The maximum absolute atomic E-state index is 6.07. The fourth-order valence-corrected chi connectivity index (χ4v) is 2.62. The van der Waals surface area contributed by atoms with Crippen molar-refractivity contribution in [3.8, 4) is 0 Å². The average Bonchev–Trinajstić information content (AvgIpc) is 3.07. The highest BCUT2D eigenvalue weighted by atomic mass is 35.5. The molecular formula is C16H9Cl3N6O. The number of aromatic nitrogens is 4. The Kier molecular flexibility index (Phi) is 4.50. The van der Waals surface area contributed by atoms with Crippen molar-refractivity contribution in [2.24, 2.45) is 0 Å². The van der Waals surface area contributed by atoms with E-state index in [1.807, 2.05) is 12.1 Å². The van der Waals surface area contributed by atoms with Gasteiger partial charge in [0.25, 0.3) is 0 Å². The van der Waals surface area contributed by atoms with Crippen LogP contribution >= 0.6 is 34.8 Å². The van der Waals surface area contributed by atoms with Gasteiger partial charge in [0.15, 0.2) is 11.6 Å². The van der Waals surface area contributed by atoms with Crippen LogP contribution in [-0.2, 0) is 0 Å². The van der Waals surface area contributed by atoms with Crippen LogP contribution in [-0.4, -0.2) is 20.3 Å². The summed E-state index contributed by atoms with van der Waals surface area (Å²) in [6.07, 6.45) is 0. The molecule has 0 atom stereocenters. The largest absolute Gasteiger partial charge is 0.337 e. The van der Waals surface area contributed by atoms with Crippen LogP contribution in [0.25, 0.3) is 11.3 Å². The second-order valence-electron chi connectivity index (χ2n) is 5.22. The van der Waals surface area contributed by atoms with E-state index in [1.54, 1.807) is 30.3 Å². The fourth-order valence-electron chi connectivity index (χ4n) is 2.19. The Balaban J connectivity index is 1.73. The average molecular weight is 408 g/mol. The Bertz CT molecular complexity index is 1080. The Hall–Kier alpha value is -2.61. The van der Waals surface area contributed by atoms with Crippen LogP contribution in [0.3, 0.4) is 0 Å². The number of nitrogens with one attached hydrogen (secondary N) is 2. The van der Waals surface area contributed by atoms with E-state index in [0.717, 1.165) is 5.69 Å².